The molecule has 0 unspecified atom stereocenters. The Hall–Kier alpha value is -2.47. The molecule has 29 heavy (non-hydrogen) atoms. The Bertz CT molecular complexity index is 867. The molecule has 2 fully saturated rings. The summed E-state index contributed by atoms with van der Waals surface area (Å²) in [6, 6.07) is 11.9. The topological polar surface area (TPSA) is 66.5 Å². The third kappa shape index (κ3) is 4.13. The van der Waals surface area contributed by atoms with Gasteiger partial charge in [0, 0.05) is 17.8 Å². The predicted octanol–water partition coefficient (Wildman–Crippen LogP) is 3.83. The maximum absolute atomic E-state index is 12.7. The zero-order valence-corrected chi connectivity index (χ0v) is 17.4. The van der Waals surface area contributed by atoms with E-state index in [0.29, 0.717) is 0 Å². The van der Waals surface area contributed by atoms with Gasteiger partial charge in [-0.15, -0.1) is 11.3 Å². The van der Waals surface area contributed by atoms with Crippen molar-refractivity contribution in [1.82, 2.24) is 10.2 Å². The van der Waals surface area contributed by atoms with Gasteiger partial charge in [0.2, 0.25) is 17.7 Å². The van der Waals surface area contributed by atoms with Crippen LogP contribution in [-0.2, 0) is 14.4 Å². The average Bonchev–Trinajstić information content (AvgIpc) is 3.34. The first kappa shape index (κ1) is 19.8. The van der Waals surface area contributed by atoms with Gasteiger partial charge in [0.05, 0.1) is 17.9 Å². The summed E-state index contributed by atoms with van der Waals surface area (Å²) >= 11 is 1.60. The predicted molar refractivity (Wildman–Crippen MR) is 112 cm³/mol. The molecule has 1 saturated heterocycles. The zero-order valence-electron chi connectivity index (χ0n) is 16.6. The van der Waals surface area contributed by atoms with Gasteiger partial charge in [0.15, 0.2) is 0 Å². The van der Waals surface area contributed by atoms with Crippen LogP contribution in [0.15, 0.2) is 41.8 Å². The Morgan fingerprint density at radius 1 is 1.10 bits per heavy atom. The van der Waals surface area contributed by atoms with Crippen LogP contribution in [0.1, 0.15) is 54.1 Å². The summed E-state index contributed by atoms with van der Waals surface area (Å²) in [6.07, 6.45) is 3.74. The normalized spacial score (nSPS) is 22.4. The minimum Gasteiger partial charge on any atom is -0.344 e. The van der Waals surface area contributed by atoms with Crippen LogP contribution in [0.25, 0.3) is 0 Å². The lowest BCUT2D eigenvalue weighted by molar-refractivity contribution is -0.140. The van der Waals surface area contributed by atoms with Crippen LogP contribution in [0.4, 0.5) is 0 Å². The van der Waals surface area contributed by atoms with E-state index in [1.54, 1.807) is 11.3 Å². The quantitative estimate of drug-likeness (QED) is 0.736. The SMILES string of the molecule is Cc1ccc([C@H](NC(=O)CCN2C(=O)[C@H]3CCCC[C@@H]3C2=O)c2cccs2)cc1. The number of amides is 3. The van der Waals surface area contributed by atoms with Gasteiger partial charge in [-0.1, -0.05) is 48.7 Å². The third-order valence-corrected chi connectivity index (χ3v) is 6.98. The number of nitrogens with zero attached hydrogens (tertiary/aromatic N) is 1. The second kappa shape index (κ2) is 8.49. The van der Waals surface area contributed by atoms with Crippen molar-refractivity contribution in [2.75, 3.05) is 6.54 Å². The Kier molecular flexibility index (Phi) is 5.81. The number of fused-ring (bicyclic) bond motifs is 1. The summed E-state index contributed by atoms with van der Waals surface area (Å²) in [5.41, 5.74) is 2.18. The molecule has 1 aliphatic carbocycles. The van der Waals surface area contributed by atoms with Crippen molar-refractivity contribution in [3.63, 3.8) is 0 Å². The van der Waals surface area contributed by atoms with Gasteiger partial charge in [-0.2, -0.15) is 0 Å². The molecule has 2 aliphatic rings. The van der Waals surface area contributed by atoms with E-state index in [4.69, 9.17) is 0 Å². The second-order valence-corrected chi connectivity index (χ2v) is 8.98. The maximum Gasteiger partial charge on any atom is 0.233 e. The molecule has 1 aromatic carbocycles. The largest absolute Gasteiger partial charge is 0.344 e. The summed E-state index contributed by atoms with van der Waals surface area (Å²) in [5.74, 6) is -0.641. The van der Waals surface area contributed by atoms with E-state index in [1.807, 2.05) is 48.7 Å². The molecule has 1 N–H and O–H groups in total. The number of hydrogen-bond acceptors (Lipinski definition) is 4. The van der Waals surface area contributed by atoms with Gasteiger partial charge < -0.3 is 5.32 Å². The molecule has 1 aromatic heterocycles. The molecule has 2 heterocycles. The third-order valence-electron chi connectivity index (χ3n) is 6.04. The van der Waals surface area contributed by atoms with Crippen LogP contribution < -0.4 is 5.32 Å². The van der Waals surface area contributed by atoms with Gasteiger partial charge >= 0.3 is 0 Å². The number of rotatable bonds is 6. The highest BCUT2D eigenvalue weighted by atomic mass is 32.1. The molecule has 2 aromatic rings. The van der Waals surface area contributed by atoms with Gasteiger partial charge in [-0.3, -0.25) is 19.3 Å². The molecular weight excluding hydrogens is 384 g/mol. The molecule has 4 rings (SSSR count). The molecular formula is C23H26N2O3S. The number of carbonyl (C=O) groups is 3. The molecule has 3 atom stereocenters. The highest BCUT2D eigenvalue weighted by molar-refractivity contribution is 7.10. The lowest BCUT2D eigenvalue weighted by Gasteiger charge is -2.20. The highest BCUT2D eigenvalue weighted by Gasteiger charge is 2.47. The summed E-state index contributed by atoms with van der Waals surface area (Å²) in [6.45, 7) is 2.20. The van der Waals surface area contributed by atoms with Crippen LogP contribution in [-0.4, -0.2) is 29.2 Å². The van der Waals surface area contributed by atoms with E-state index in [0.717, 1.165) is 41.7 Å². The first-order valence-corrected chi connectivity index (χ1v) is 11.2. The molecule has 0 bridgehead atoms. The van der Waals surface area contributed by atoms with Crippen LogP contribution >= 0.6 is 11.3 Å². The van der Waals surface area contributed by atoms with E-state index in [2.05, 4.69) is 5.32 Å². The number of imide groups is 1. The zero-order chi connectivity index (χ0) is 20.4. The van der Waals surface area contributed by atoms with Crippen LogP contribution in [0, 0.1) is 18.8 Å². The van der Waals surface area contributed by atoms with E-state index in [-0.39, 0.29) is 48.6 Å². The molecule has 0 radical (unpaired) electrons. The standard InChI is InChI=1S/C23H26N2O3S/c1-15-8-10-16(11-9-15)21(19-7-4-14-29-19)24-20(26)12-13-25-22(27)17-5-2-3-6-18(17)23(25)28/h4,7-11,14,17-18,21H,2-3,5-6,12-13H2,1H3,(H,24,26)/t17-,18-,21-/m0/s1. The summed E-state index contributed by atoms with van der Waals surface area (Å²) in [5, 5.41) is 5.09. The summed E-state index contributed by atoms with van der Waals surface area (Å²) in [7, 11) is 0. The molecule has 0 spiro atoms. The number of likely N-dealkylation sites (tertiary alicyclic amines) is 1. The fourth-order valence-corrected chi connectivity index (χ4v) is 5.23. The Balaban J connectivity index is 1.41. The van der Waals surface area contributed by atoms with Gasteiger partial charge in [-0.25, -0.2) is 0 Å². The van der Waals surface area contributed by atoms with E-state index in [9.17, 15) is 14.4 Å². The molecule has 6 heteroatoms. The number of benzene rings is 1. The minimum absolute atomic E-state index is 0.0826. The number of aryl methyl sites for hydroxylation is 1. The fraction of sp³-hybridized carbons (Fsp3) is 0.435. The van der Waals surface area contributed by atoms with Gasteiger partial charge in [0.1, 0.15) is 0 Å². The minimum atomic E-state index is -0.226. The van der Waals surface area contributed by atoms with Crippen LogP contribution in [0.5, 0.6) is 0 Å². The van der Waals surface area contributed by atoms with Crippen molar-refractivity contribution in [1.29, 1.82) is 0 Å². The Morgan fingerprint density at radius 2 is 1.76 bits per heavy atom. The number of hydrogen-bond donors (Lipinski definition) is 1. The smallest absolute Gasteiger partial charge is 0.233 e. The molecule has 152 valence electrons. The molecule has 1 saturated carbocycles. The fourth-order valence-electron chi connectivity index (χ4n) is 4.43. The van der Waals surface area contributed by atoms with E-state index in [1.165, 1.54) is 4.90 Å². The van der Waals surface area contributed by atoms with E-state index < -0.39 is 0 Å². The van der Waals surface area contributed by atoms with Gasteiger partial charge in [-0.05, 0) is 36.8 Å². The maximum atomic E-state index is 12.7. The molecule has 1 aliphatic heterocycles. The van der Waals surface area contributed by atoms with Crippen molar-refractivity contribution in [2.45, 2.75) is 45.1 Å². The monoisotopic (exact) mass is 410 g/mol. The van der Waals surface area contributed by atoms with Crippen molar-refractivity contribution >= 4 is 29.1 Å². The Labute approximate surface area is 175 Å². The highest BCUT2D eigenvalue weighted by Crippen LogP contribution is 2.38. The first-order valence-electron chi connectivity index (χ1n) is 10.3. The number of thiophene rings is 1. The second-order valence-electron chi connectivity index (χ2n) is 8.00. The molecule has 5 nitrogen and oxygen atoms in total. The lowest BCUT2D eigenvalue weighted by Crippen LogP contribution is -2.36. The van der Waals surface area contributed by atoms with Crippen LogP contribution in [0.2, 0.25) is 0 Å². The number of carbonyl (C=O) groups excluding carboxylic acids is 3. The van der Waals surface area contributed by atoms with Crippen molar-refractivity contribution < 1.29 is 14.4 Å². The summed E-state index contributed by atoms with van der Waals surface area (Å²) < 4.78 is 0. The van der Waals surface area contributed by atoms with Crippen molar-refractivity contribution in [2.24, 2.45) is 11.8 Å². The Morgan fingerprint density at radius 3 is 2.34 bits per heavy atom. The molecule has 3 amide bonds. The van der Waals surface area contributed by atoms with Crippen molar-refractivity contribution in [3.05, 3.63) is 57.8 Å². The number of nitrogens with one attached hydrogen (secondary N) is 1. The van der Waals surface area contributed by atoms with Crippen LogP contribution in [0.3, 0.4) is 0 Å². The van der Waals surface area contributed by atoms with Gasteiger partial charge in [0.25, 0.3) is 0 Å². The van der Waals surface area contributed by atoms with E-state index >= 15 is 0 Å². The summed E-state index contributed by atoms with van der Waals surface area (Å²) in [4.78, 5) is 40.3. The average molecular weight is 411 g/mol. The lowest BCUT2D eigenvalue weighted by atomic mass is 9.81. The first-order chi connectivity index (χ1) is 14.0. The van der Waals surface area contributed by atoms with Crippen molar-refractivity contribution in [3.8, 4) is 0 Å².